The number of nitrogens with one attached hydrogen (secondary N) is 1. The van der Waals surface area contributed by atoms with Gasteiger partial charge >= 0.3 is 0 Å². The molecule has 0 spiro atoms. The van der Waals surface area contributed by atoms with E-state index in [1.54, 1.807) is 79.9 Å². The van der Waals surface area contributed by atoms with Crippen molar-refractivity contribution in [3.8, 4) is 17.2 Å². The highest BCUT2D eigenvalue weighted by molar-refractivity contribution is 8.27. The highest BCUT2D eigenvalue weighted by Gasteiger charge is 2.33. The summed E-state index contributed by atoms with van der Waals surface area (Å²) in [6.07, 6.45) is 1.75. The Morgan fingerprint density at radius 1 is 1.05 bits per heavy atom. The van der Waals surface area contributed by atoms with Gasteiger partial charge in [0.2, 0.25) is 0 Å². The summed E-state index contributed by atoms with van der Waals surface area (Å²) in [5.41, 5.74) is 2.02. The third-order valence-corrected chi connectivity index (χ3v) is 6.73. The number of carbonyl (C=O) groups is 2. The normalized spacial score (nSPS) is 14.1. The second kappa shape index (κ2) is 12.1. The van der Waals surface area contributed by atoms with E-state index < -0.39 is 0 Å². The Balaban J connectivity index is 1.45. The zero-order valence-electron chi connectivity index (χ0n) is 20.0. The molecule has 1 aliphatic heterocycles. The number of carbonyl (C=O) groups excluding carboxylic acids is 2. The first kappa shape index (κ1) is 26.5. The van der Waals surface area contributed by atoms with Crippen LogP contribution in [0.4, 0.5) is 11.4 Å². The molecule has 190 valence electrons. The van der Waals surface area contributed by atoms with Crippen molar-refractivity contribution in [3.63, 3.8) is 0 Å². The molecule has 0 aromatic heterocycles. The van der Waals surface area contributed by atoms with Gasteiger partial charge in [-0.25, -0.2) is 0 Å². The number of anilines is 2. The van der Waals surface area contributed by atoms with E-state index in [1.807, 2.05) is 6.92 Å². The van der Waals surface area contributed by atoms with Crippen molar-refractivity contribution in [2.45, 2.75) is 6.92 Å². The number of benzene rings is 3. The average Bonchev–Trinajstić information content (AvgIpc) is 3.17. The largest absolute Gasteiger partial charge is 0.497 e. The third kappa shape index (κ3) is 6.62. The number of hydrogen-bond acceptors (Lipinski definition) is 7. The van der Waals surface area contributed by atoms with E-state index in [0.29, 0.717) is 49.5 Å². The standard InChI is InChI=1S/C27H23ClN2O5S2/c1-3-34-23-14-17(15-24-26(32)30(27(36)37-24)20-9-5-18(28)6-10-20)4-13-22(23)35-16-25(31)29-19-7-11-21(33-2)12-8-19/h4-15H,3,16H2,1-2H3,(H,29,31)/b24-15-. The molecule has 1 heterocycles. The van der Waals surface area contributed by atoms with Crippen LogP contribution in [0, 0.1) is 0 Å². The summed E-state index contributed by atoms with van der Waals surface area (Å²) in [6, 6.07) is 19.2. The van der Waals surface area contributed by atoms with Gasteiger partial charge in [0.05, 0.1) is 24.3 Å². The molecule has 1 aliphatic rings. The smallest absolute Gasteiger partial charge is 0.270 e. The summed E-state index contributed by atoms with van der Waals surface area (Å²) in [6.45, 7) is 2.05. The molecule has 10 heteroatoms. The monoisotopic (exact) mass is 554 g/mol. The molecule has 2 amide bonds. The van der Waals surface area contributed by atoms with E-state index in [4.69, 9.17) is 38.0 Å². The predicted molar refractivity (Wildman–Crippen MR) is 152 cm³/mol. The van der Waals surface area contributed by atoms with Gasteiger partial charge in [0.25, 0.3) is 11.8 Å². The second-order valence-corrected chi connectivity index (χ2v) is 9.81. The van der Waals surface area contributed by atoms with Crippen LogP contribution in [-0.4, -0.2) is 36.5 Å². The summed E-state index contributed by atoms with van der Waals surface area (Å²) in [5.74, 6) is 1.04. The van der Waals surface area contributed by atoms with E-state index in [1.165, 1.54) is 16.7 Å². The van der Waals surface area contributed by atoms with Crippen LogP contribution >= 0.6 is 35.6 Å². The number of thiocarbonyl (C=S) groups is 1. The Bertz CT molecular complexity index is 1340. The van der Waals surface area contributed by atoms with Crippen LogP contribution in [0.15, 0.2) is 71.6 Å². The molecule has 1 N–H and O–H groups in total. The summed E-state index contributed by atoms with van der Waals surface area (Å²) >= 11 is 12.6. The van der Waals surface area contributed by atoms with Gasteiger partial charge in [-0.05, 0) is 79.2 Å². The number of methoxy groups -OCH3 is 1. The second-order valence-electron chi connectivity index (χ2n) is 7.70. The minimum atomic E-state index is -0.317. The van der Waals surface area contributed by atoms with E-state index in [0.717, 1.165) is 5.56 Å². The van der Waals surface area contributed by atoms with Gasteiger partial charge in [-0.2, -0.15) is 0 Å². The molecule has 0 atom stereocenters. The van der Waals surface area contributed by atoms with E-state index in [9.17, 15) is 9.59 Å². The quantitative estimate of drug-likeness (QED) is 0.250. The fraction of sp³-hybridized carbons (Fsp3) is 0.148. The molecule has 0 unspecified atom stereocenters. The van der Waals surface area contributed by atoms with Gasteiger partial charge in [0, 0.05) is 10.7 Å². The number of hydrogen-bond donors (Lipinski definition) is 1. The van der Waals surface area contributed by atoms with Crippen molar-refractivity contribution in [1.29, 1.82) is 0 Å². The van der Waals surface area contributed by atoms with Gasteiger partial charge in [0.1, 0.15) is 5.75 Å². The molecule has 1 fully saturated rings. The maximum Gasteiger partial charge on any atom is 0.270 e. The van der Waals surface area contributed by atoms with Crippen LogP contribution in [0.2, 0.25) is 5.02 Å². The lowest BCUT2D eigenvalue weighted by atomic mass is 10.1. The van der Waals surface area contributed by atoms with Gasteiger partial charge in [-0.3, -0.25) is 14.5 Å². The Kier molecular flexibility index (Phi) is 8.70. The molecule has 0 aliphatic carbocycles. The zero-order chi connectivity index (χ0) is 26.4. The lowest BCUT2D eigenvalue weighted by Gasteiger charge is -2.14. The molecule has 3 aromatic carbocycles. The molecule has 7 nitrogen and oxygen atoms in total. The highest BCUT2D eigenvalue weighted by atomic mass is 35.5. The van der Waals surface area contributed by atoms with Crippen LogP contribution in [0.5, 0.6) is 17.2 Å². The molecule has 1 saturated heterocycles. The topological polar surface area (TPSA) is 77.1 Å². The Hall–Kier alpha value is -3.53. The van der Waals surface area contributed by atoms with Gasteiger partial charge < -0.3 is 19.5 Å². The van der Waals surface area contributed by atoms with E-state index >= 15 is 0 Å². The van der Waals surface area contributed by atoms with Crippen LogP contribution in [-0.2, 0) is 9.59 Å². The minimum Gasteiger partial charge on any atom is -0.497 e. The van der Waals surface area contributed by atoms with Crippen LogP contribution in [0.3, 0.4) is 0 Å². The maximum atomic E-state index is 13.1. The molecular weight excluding hydrogens is 532 g/mol. The highest BCUT2D eigenvalue weighted by Crippen LogP contribution is 2.37. The van der Waals surface area contributed by atoms with Gasteiger partial charge in [-0.15, -0.1) is 0 Å². The number of thioether (sulfide) groups is 1. The van der Waals surface area contributed by atoms with Crippen molar-refractivity contribution < 1.29 is 23.8 Å². The van der Waals surface area contributed by atoms with Crippen molar-refractivity contribution in [3.05, 3.63) is 82.2 Å². The minimum absolute atomic E-state index is 0.203. The summed E-state index contributed by atoms with van der Waals surface area (Å²) in [4.78, 5) is 27.4. The van der Waals surface area contributed by atoms with E-state index in [-0.39, 0.29) is 18.4 Å². The van der Waals surface area contributed by atoms with Crippen LogP contribution in [0.1, 0.15) is 12.5 Å². The van der Waals surface area contributed by atoms with Crippen molar-refractivity contribution in [2.75, 3.05) is 30.5 Å². The first-order valence-electron chi connectivity index (χ1n) is 11.2. The number of amides is 2. The predicted octanol–water partition coefficient (Wildman–Crippen LogP) is 6.17. The Morgan fingerprint density at radius 2 is 1.78 bits per heavy atom. The average molecular weight is 555 g/mol. The fourth-order valence-electron chi connectivity index (χ4n) is 3.45. The molecule has 3 aromatic rings. The van der Waals surface area contributed by atoms with Crippen molar-refractivity contribution in [1.82, 2.24) is 0 Å². The first-order chi connectivity index (χ1) is 17.9. The van der Waals surface area contributed by atoms with Crippen molar-refractivity contribution >= 4 is 69.2 Å². The third-order valence-electron chi connectivity index (χ3n) is 5.18. The van der Waals surface area contributed by atoms with Crippen molar-refractivity contribution in [2.24, 2.45) is 0 Å². The summed E-state index contributed by atoms with van der Waals surface area (Å²) in [7, 11) is 1.58. The number of rotatable bonds is 9. The Labute approximate surface area is 229 Å². The number of nitrogens with zero attached hydrogens (tertiary/aromatic N) is 1. The summed E-state index contributed by atoms with van der Waals surface area (Å²) < 4.78 is 17.0. The molecule has 0 bridgehead atoms. The molecule has 0 radical (unpaired) electrons. The summed E-state index contributed by atoms with van der Waals surface area (Å²) in [5, 5.41) is 3.35. The van der Waals surface area contributed by atoms with E-state index in [2.05, 4.69) is 5.32 Å². The zero-order valence-corrected chi connectivity index (χ0v) is 22.4. The lowest BCUT2D eigenvalue weighted by molar-refractivity contribution is -0.118. The Morgan fingerprint density at radius 3 is 2.46 bits per heavy atom. The molecule has 0 saturated carbocycles. The molecule has 37 heavy (non-hydrogen) atoms. The fourth-order valence-corrected chi connectivity index (χ4v) is 4.87. The molecule has 4 rings (SSSR count). The lowest BCUT2D eigenvalue weighted by Crippen LogP contribution is -2.27. The van der Waals surface area contributed by atoms with Gasteiger partial charge in [-0.1, -0.05) is 41.6 Å². The van der Waals surface area contributed by atoms with Crippen LogP contribution in [0.25, 0.3) is 6.08 Å². The number of ether oxygens (including phenoxy) is 3. The number of halogens is 1. The van der Waals surface area contributed by atoms with Gasteiger partial charge in [0.15, 0.2) is 22.4 Å². The first-order valence-corrected chi connectivity index (χ1v) is 12.8. The van der Waals surface area contributed by atoms with Crippen LogP contribution < -0.4 is 24.4 Å². The maximum absolute atomic E-state index is 13.1. The SMILES string of the molecule is CCOc1cc(/C=C2\SC(=S)N(c3ccc(Cl)cc3)C2=O)ccc1OCC(=O)Nc1ccc(OC)cc1. The molecular formula is C27H23ClN2O5S2.